The minimum absolute atomic E-state index is 0.238. The lowest BCUT2D eigenvalue weighted by molar-refractivity contribution is 0.379. The molecule has 3 nitrogen and oxygen atoms in total. The summed E-state index contributed by atoms with van der Waals surface area (Å²) in [4.78, 5) is 0. The van der Waals surface area contributed by atoms with Gasteiger partial charge in [-0.1, -0.05) is 55.3 Å². The number of aromatic nitrogens is 2. The summed E-state index contributed by atoms with van der Waals surface area (Å²) in [6, 6.07) is 16.8. The van der Waals surface area contributed by atoms with E-state index in [0.29, 0.717) is 11.5 Å². The molecule has 1 heterocycles. The third kappa shape index (κ3) is 2.34. The van der Waals surface area contributed by atoms with Gasteiger partial charge in [0.05, 0.1) is 11.0 Å². The highest BCUT2D eigenvalue weighted by Gasteiger charge is 2.42. The van der Waals surface area contributed by atoms with E-state index < -0.39 is 0 Å². The SMILES string of the molecule is Fc1ccccc1-c1nnc(C2(c3ccccc3)CCCC2)o1. The van der Waals surface area contributed by atoms with Crippen LogP contribution in [0.3, 0.4) is 0 Å². The van der Waals surface area contributed by atoms with Gasteiger partial charge in [0.1, 0.15) is 5.82 Å². The Labute approximate surface area is 134 Å². The predicted molar refractivity (Wildman–Crippen MR) is 85.4 cm³/mol. The summed E-state index contributed by atoms with van der Waals surface area (Å²) in [5.41, 5.74) is 1.31. The molecule has 4 rings (SSSR count). The van der Waals surface area contributed by atoms with Crippen LogP contribution in [0.25, 0.3) is 11.5 Å². The average Bonchev–Trinajstić information content (AvgIpc) is 3.26. The Hall–Kier alpha value is -2.49. The Morgan fingerprint density at radius 3 is 2.30 bits per heavy atom. The summed E-state index contributed by atoms with van der Waals surface area (Å²) in [5.74, 6) is 0.502. The van der Waals surface area contributed by atoms with Gasteiger partial charge in [0.25, 0.3) is 5.89 Å². The van der Waals surface area contributed by atoms with Crippen molar-refractivity contribution >= 4 is 0 Å². The van der Waals surface area contributed by atoms with Crippen molar-refractivity contribution in [2.24, 2.45) is 0 Å². The lowest BCUT2D eigenvalue weighted by Crippen LogP contribution is -2.24. The monoisotopic (exact) mass is 308 g/mol. The number of benzene rings is 2. The first-order valence-corrected chi connectivity index (χ1v) is 7.94. The zero-order valence-electron chi connectivity index (χ0n) is 12.7. The highest BCUT2D eigenvalue weighted by Crippen LogP contribution is 2.46. The van der Waals surface area contributed by atoms with Gasteiger partial charge in [-0.3, -0.25) is 0 Å². The van der Waals surface area contributed by atoms with Crippen molar-refractivity contribution in [3.63, 3.8) is 0 Å². The molecule has 1 aromatic heterocycles. The molecule has 1 saturated carbocycles. The van der Waals surface area contributed by atoms with E-state index in [1.807, 2.05) is 18.2 Å². The fourth-order valence-electron chi connectivity index (χ4n) is 3.52. The summed E-state index contributed by atoms with van der Waals surface area (Å²) >= 11 is 0. The van der Waals surface area contributed by atoms with E-state index in [-0.39, 0.29) is 17.1 Å². The summed E-state index contributed by atoms with van der Waals surface area (Å²) < 4.78 is 19.9. The Morgan fingerprint density at radius 1 is 0.870 bits per heavy atom. The lowest BCUT2D eigenvalue weighted by Gasteiger charge is -2.25. The summed E-state index contributed by atoms with van der Waals surface area (Å²) in [6.45, 7) is 0. The highest BCUT2D eigenvalue weighted by molar-refractivity contribution is 5.53. The molecule has 1 aliphatic rings. The van der Waals surface area contributed by atoms with Gasteiger partial charge in [-0.15, -0.1) is 10.2 Å². The van der Waals surface area contributed by atoms with Crippen LogP contribution in [0.1, 0.15) is 37.1 Å². The first kappa shape index (κ1) is 14.1. The van der Waals surface area contributed by atoms with Crippen LogP contribution < -0.4 is 0 Å². The van der Waals surface area contributed by atoms with Gasteiger partial charge in [-0.2, -0.15) is 0 Å². The van der Waals surface area contributed by atoms with E-state index in [0.717, 1.165) is 25.7 Å². The summed E-state index contributed by atoms with van der Waals surface area (Å²) in [5, 5.41) is 8.39. The van der Waals surface area contributed by atoms with Crippen LogP contribution in [0.2, 0.25) is 0 Å². The molecule has 4 heteroatoms. The molecule has 23 heavy (non-hydrogen) atoms. The maximum Gasteiger partial charge on any atom is 0.250 e. The Morgan fingerprint density at radius 2 is 1.57 bits per heavy atom. The van der Waals surface area contributed by atoms with Crippen LogP contribution >= 0.6 is 0 Å². The number of hydrogen-bond acceptors (Lipinski definition) is 3. The average molecular weight is 308 g/mol. The smallest absolute Gasteiger partial charge is 0.250 e. The molecule has 0 aliphatic heterocycles. The quantitative estimate of drug-likeness (QED) is 0.701. The minimum Gasteiger partial charge on any atom is -0.420 e. The molecule has 0 saturated heterocycles. The topological polar surface area (TPSA) is 38.9 Å². The molecule has 3 aromatic rings. The van der Waals surface area contributed by atoms with Gasteiger partial charge in [0, 0.05) is 0 Å². The zero-order chi connectivity index (χ0) is 15.7. The standard InChI is InChI=1S/C19H17FN2O/c20-16-11-5-4-10-15(16)17-21-22-18(23-17)19(12-6-7-13-19)14-8-2-1-3-9-14/h1-5,8-11H,6-7,12-13H2. The zero-order valence-corrected chi connectivity index (χ0v) is 12.7. The minimum atomic E-state index is -0.345. The molecule has 0 unspecified atom stereocenters. The molecule has 0 bridgehead atoms. The van der Waals surface area contributed by atoms with Crippen LogP contribution in [0.4, 0.5) is 4.39 Å². The van der Waals surface area contributed by atoms with Gasteiger partial charge in [0.2, 0.25) is 5.89 Å². The molecule has 116 valence electrons. The van der Waals surface area contributed by atoms with Gasteiger partial charge in [0.15, 0.2) is 0 Å². The molecule has 0 amide bonds. The lowest BCUT2D eigenvalue weighted by atomic mass is 9.79. The summed E-state index contributed by atoms with van der Waals surface area (Å²) in [7, 11) is 0. The van der Waals surface area contributed by atoms with E-state index in [2.05, 4.69) is 22.3 Å². The van der Waals surface area contributed by atoms with E-state index in [9.17, 15) is 4.39 Å². The maximum absolute atomic E-state index is 14.0. The molecule has 0 spiro atoms. The Kier molecular flexibility index (Phi) is 3.45. The summed E-state index contributed by atoms with van der Waals surface area (Å²) in [6.07, 6.45) is 4.23. The van der Waals surface area contributed by atoms with E-state index in [1.165, 1.54) is 11.6 Å². The Balaban J connectivity index is 1.79. The van der Waals surface area contributed by atoms with Crippen LogP contribution in [0.5, 0.6) is 0 Å². The molecule has 2 aromatic carbocycles. The third-order valence-electron chi connectivity index (χ3n) is 4.72. The molecule has 0 N–H and O–H groups in total. The van der Waals surface area contributed by atoms with Crippen molar-refractivity contribution in [3.8, 4) is 11.5 Å². The molecule has 1 fully saturated rings. The first-order valence-electron chi connectivity index (χ1n) is 7.94. The van der Waals surface area contributed by atoms with Crippen LogP contribution in [0.15, 0.2) is 59.0 Å². The van der Waals surface area contributed by atoms with E-state index in [1.54, 1.807) is 18.2 Å². The largest absolute Gasteiger partial charge is 0.420 e. The van der Waals surface area contributed by atoms with E-state index >= 15 is 0 Å². The van der Waals surface area contributed by atoms with Crippen molar-refractivity contribution in [3.05, 3.63) is 71.9 Å². The van der Waals surface area contributed by atoms with Crippen molar-refractivity contribution in [1.29, 1.82) is 0 Å². The number of nitrogens with zero attached hydrogens (tertiary/aromatic N) is 2. The fraction of sp³-hybridized carbons (Fsp3) is 0.263. The molecular formula is C19H17FN2O. The highest BCUT2D eigenvalue weighted by atomic mass is 19.1. The van der Waals surface area contributed by atoms with Crippen molar-refractivity contribution in [2.75, 3.05) is 0 Å². The van der Waals surface area contributed by atoms with Gasteiger partial charge >= 0.3 is 0 Å². The van der Waals surface area contributed by atoms with Gasteiger partial charge < -0.3 is 4.42 Å². The number of rotatable bonds is 3. The van der Waals surface area contributed by atoms with Gasteiger partial charge in [-0.25, -0.2) is 4.39 Å². The first-order chi connectivity index (χ1) is 11.3. The molecule has 0 radical (unpaired) electrons. The van der Waals surface area contributed by atoms with Crippen molar-refractivity contribution in [2.45, 2.75) is 31.1 Å². The second-order valence-electron chi connectivity index (χ2n) is 6.05. The van der Waals surface area contributed by atoms with Crippen molar-refractivity contribution < 1.29 is 8.81 Å². The number of halogens is 1. The van der Waals surface area contributed by atoms with Gasteiger partial charge in [-0.05, 0) is 30.5 Å². The normalized spacial score (nSPS) is 16.6. The molecular weight excluding hydrogens is 291 g/mol. The van der Waals surface area contributed by atoms with Crippen LogP contribution in [-0.4, -0.2) is 10.2 Å². The second-order valence-corrected chi connectivity index (χ2v) is 6.05. The Bertz CT molecular complexity index is 807. The van der Waals surface area contributed by atoms with Crippen molar-refractivity contribution in [1.82, 2.24) is 10.2 Å². The second kappa shape index (κ2) is 5.61. The van der Waals surface area contributed by atoms with E-state index in [4.69, 9.17) is 4.42 Å². The number of hydrogen-bond donors (Lipinski definition) is 0. The maximum atomic E-state index is 14.0. The third-order valence-corrected chi connectivity index (χ3v) is 4.72. The predicted octanol–water partition coefficient (Wildman–Crippen LogP) is 4.74. The van der Waals surface area contributed by atoms with Crippen LogP contribution in [-0.2, 0) is 5.41 Å². The van der Waals surface area contributed by atoms with Crippen LogP contribution in [0, 0.1) is 5.82 Å². The molecule has 1 aliphatic carbocycles. The fourth-order valence-corrected chi connectivity index (χ4v) is 3.52. The molecule has 0 atom stereocenters.